The van der Waals surface area contributed by atoms with Crippen molar-refractivity contribution in [2.45, 2.75) is 44.6 Å². The second-order valence-corrected chi connectivity index (χ2v) is 10.7. The summed E-state index contributed by atoms with van der Waals surface area (Å²) in [7, 11) is -2.71. The van der Waals surface area contributed by atoms with Crippen LogP contribution in [0.2, 0.25) is 0 Å². The van der Waals surface area contributed by atoms with E-state index in [4.69, 9.17) is 4.74 Å². The van der Waals surface area contributed by atoms with Gasteiger partial charge in [-0.05, 0) is 79.8 Å². The van der Waals surface area contributed by atoms with Gasteiger partial charge >= 0.3 is 0 Å². The summed E-state index contributed by atoms with van der Waals surface area (Å²) in [4.78, 5) is 30.2. The van der Waals surface area contributed by atoms with Gasteiger partial charge in [-0.3, -0.25) is 18.9 Å². The highest BCUT2D eigenvalue weighted by atomic mass is 32.2. The van der Waals surface area contributed by atoms with Crippen LogP contribution in [0.3, 0.4) is 0 Å². The molecule has 2 amide bonds. The lowest BCUT2D eigenvalue weighted by Crippen LogP contribution is -2.53. The molecule has 0 radical (unpaired) electrons. The number of pyridine rings is 1. The number of para-hydroxylation sites is 2. The Morgan fingerprint density at radius 3 is 2.51 bits per heavy atom. The molecule has 0 saturated heterocycles. The van der Waals surface area contributed by atoms with Gasteiger partial charge in [0.15, 0.2) is 0 Å². The highest BCUT2D eigenvalue weighted by Crippen LogP contribution is 2.40. The minimum absolute atomic E-state index is 0.0957. The molecule has 0 fully saturated rings. The Morgan fingerprint density at radius 1 is 1.11 bits per heavy atom. The number of carbonyl (C=O) groups is 2. The first-order chi connectivity index (χ1) is 17.6. The number of nitrogens with zero attached hydrogens (tertiary/aromatic N) is 2. The fourth-order valence-electron chi connectivity index (χ4n) is 4.61. The zero-order valence-corrected chi connectivity index (χ0v) is 22.1. The number of nitrogens with one attached hydrogen (secondary N) is 2. The van der Waals surface area contributed by atoms with Crippen molar-refractivity contribution in [2.75, 3.05) is 23.3 Å². The fourth-order valence-corrected chi connectivity index (χ4v) is 6.73. The van der Waals surface area contributed by atoms with Gasteiger partial charge in [-0.15, -0.1) is 0 Å². The van der Waals surface area contributed by atoms with Gasteiger partial charge in [0.25, 0.3) is 10.0 Å². The first-order valence-corrected chi connectivity index (χ1v) is 13.3. The van der Waals surface area contributed by atoms with Crippen molar-refractivity contribution >= 4 is 33.2 Å². The predicted octanol–water partition coefficient (Wildman–Crippen LogP) is 3.28. The number of amides is 2. The maximum absolute atomic E-state index is 14.2. The average Bonchev–Trinajstić information content (AvgIpc) is 2.87. The van der Waals surface area contributed by atoms with Crippen LogP contribution in [0.25, 0.3) is 0 Å². The van der Waals surface area contributed by atoms with Crippen LogP contribution in [-0.2, 0) is 26.0 Å². The van der Waals surface area contributed by atoms with E-state index in [1.807, 2.05) is 12.1 Å². The summed E-state index contributed by atoms with van der Waals surface area (Å²) < 4.78 is 35.0. The molecule has 1 aliphatic rings. The molecule has 37 heavy (non-hydrogen) atoms. The van der Waals surface area contributed by atoms with Gasteiger partial charge in [0.1, 0.15) is 11.8 Å². The number of methoxy groups -OCH3 is 1. The lowest BCUT2D eigenvalue weighted by Gasteiger charge is -2.37. The molecule has 0 bridgehead atoms. The molecule has 1 aliphatic heterocycles. The number of carbonyl (C=O) groups excluding carboxylic acids is 2. The molecule has 0 aliphatic carbocycles. The topological polar surface area (TPSA) is 118 Å². The summed E-state index contributed by atoms with van der Waals surface area (Å²) in [6.45, 7) is 5.54. The average molecular weight is 523 g/mol. The zero-order valence-electron chi connectivity index (χ0n) is 21.2. The van der Waals surface area contributed by atoms with Crippen molar-refractivity contribution in [1.29, 1.82) is 0 Å². The van der Waals surface area contributed by atoms with E-state index in [9.17, 15) is 18.0 Å². The Balaban J connectivity index is 1.69. The number of aromatic nitrogens is 1. The van der Waals surface area contributed by atoms with Crippen LogP contribution in [0.5, 0.6) is 5.75 Å². The summed E-state index contributed by atoms with van der Waals surface area (Å²) in [5.74, 6) is -0.406. The van der Waals surface area contributed by atoms with E-state index in [2.05, 4.69) is 15.6 Å². The third-order valence-corrected chi connectivity index (χ3v) is 8.68. The molecule has 1 atom stereocenters. The number of aryl methyl sites for hydroxylation is 1. The number of ether oxygens (including phenoxy) is 1. The van der Waals surface area contributed by atoms with Gasteiger partial charge < -0.3 is 15.4 Å². The monoisotopic (exact) mass is 522 g/mol. The summed E-state index contributed by atoms with van der Waals surface area (Å²) in [5, 5.41) is 5.56. The Bertz CT molecular complexity index is 1440. The van der Waals surface area contributed by atoms with Gasteiger partial charge in [-0.25, -0.2) is 8.42 Å². The van der Waals surface area contributed by atoms with Crippen molar-refractivity contribution in [1.82, 2.24) is 10.3 Å². The standard InChI is InChI=1S/C27H30N4O5S/c1-17-15-24(36-4)18(2)19(3)26(17)37(34,35)31-22-8-6-5-7-21(22)30-27(33)23(31)16-25(32)29-14-11-20-9-12-28-13-10-20/h5-10,12-13,15,23H,11,14,16H2,1-4H3,(H,29,32)(H,30,33)/t23-/m1/s1. The Labute approximate surface area is 216 Å². The van der Waals surface area contributed by atoms with Gasteiger partial charge in [0.2, 0.25) is 11.8 Å². The van der Waals surface area contributed by atoms with Crippen LogP contribution in [-0.4, -0.2) is 44.9 Å². The predicted molar refractivity (Wildman–Crippen MR) is 141 cm³/mol. The largest absolute Gasteiger partial charge is 0.496 e. The van der Waals surface area contributed by atoms with Crippen LogP contribution >= 0.6 is 0 Å². The molecule has 0 unspecified atom stereocenters. The van der Waals surface area contributed by atoms with E-state index >= 15 is 0 Å². The molecular weight excluding hydrogens is 492 g/mol. The fraction of sp³-hybridized carbons (Fsp3) is 0.296. The van der Waals surface area contributed by atoms with E-state index in [1.54, 1.807) is 63.5 Å². The van der Waals surface area contributed by atoms with Crippen molar-refractivity contribution in [3.8, 4) is 5.75 Å². The molecule has 10 heteroatoms. The molecule has 2 N–H and O–H groups in total. The minimum Gasteiger partial charge on any atom is -0.496 e. The minimum atomic E-state index is -4.25. The molecule has 0 spiro atoms. The van der Waals surface area contributed by atoms with Crippen LogP contribution in [0.1, 0.15) is 28.7 Å². The van der Waals surface area contributed by atoms with Crippen molar-refractivity contribution in [2.24, 2.45) is 0 Å². The first kappa shape index (κ1) is 26.2. The van der Waals surface area contributed by atoms with Crippen LogP contribution in [0, 0.1) is 20.8 Å². The smallest absolute Gasteiger partial charge is 0.265 e. The third kappa shape index (κ3) is 5.15. The quantitative estimate of drug-likeness (QED) is 0.469. The Hall–Kier alpha value is -3.92. The van der Waals surface area contributed by atoms with Crippen molar-refractivity contribution in [3.63, 3.8) is 0 Å². The molecule has 2 heterocycles. The number of fused-ring (bicyclic) bond motifs is 1. The van der Waals surface area contributed by atoms with E-state index in [0.29, 0.717) is 46.8 Å². The molecule has 1 aromatic heterocycles. The number of benzene rings is 2. The normalized spacial score (nSPS) is 15.1. The van der Waals surface area contributed by atoms with E-state index < -0.39 is 27.9 Å². The Morgan fingerprint density at radius 2 is 1.81 bits per heavy atom. The summed E-state index contributed by atoms with van der Waals surface area (Å²) >= 11 is 0. The number of anilines is 2. The summed E-state index contributed by atoms with van der Waals surface area (Å²) in [6, 6.07) is 10.8. The SMILES string of the molecule is COc1cc(C)c(S(=O)(=O)N2c3ccccc3NC(=O)[C@H]2CC(=O)NCCc2ccncc2)c(C)c1C. The lowest BCUT2D eigenvalue weighted by atomic mass is 10.1. The van der Waals surface area contributed by atoms with Crippen molar-refractivity contribution in [3.05, 3.63) is 77.1 Å². The molecule has 2 aromatic carbocycles. The van der Waals surface area contributed by atoms with Gasteiger partial charge in [-0.1, -0.05) is 12.1 Å². The van der Waals surface area contributed by atoms with Crippen LogP contribution < -0.4 is 19.7 Å². The molecule has 4 rings (SSSR count). The van der Waals surface area contributed by atoms with Gasteiger partial charge in [0.05, 0.1) is 29.8 Å². The number of sulfonamides is 1. The number of rotatable bonds is 8. The van der Waals surface area contributed by atoms with E-state index in [1.165, 1.54) is 7.11 Å². The number of hydrogen-bond acceptors (Lipinski definition) is 6. The third-order valence-electron chi connectivity index (χ3n) is 6.56. The maximum atomic E-state index is 14.2. The summed E-state index contributed by atoms with van der Waals surface area (Å²) in [5.41, 5.74) is 3.39. The molecule has 194 valence electrons. The highest BCUT2D eigenvalue weighted by Gasteiger charge is 2.43. The second kappa shape index (κ2) is 10.6. The molecule has 9 nitrogen and oxygen atoms in total. The highest BCUT2D eigenvalue weighted by molar-refractivity contribution is 7.93. The van der Waals surface area contributed by atoms with Gasteiger partial charge in [-0.2, -0.15) is 0 Å². The summed E-state index contributed by atoms with van der Waals surface area (Å²) in [6.07, 6.45) is 3.60. The first-order valence-electron chi connectivity index (χ1n) is 11.9. The van der Waals surface area contributed by atoms with Gasteiger partial charge in [0, 0.05) is 18.9 Å². The zero-order chi connectivity index (χ0) is 26.7. The van der Waals surface area contributed by atoms with Crippen LogP contribution in [0.15, 0.2) is 59.8 Å². The molecular formula is C27H30N4O5S. The second-order valence-electron chi connectivity index (χ2n) is 8.96. The Kier molecular flexibility index (Phi) is 7.49. The van der Waals surface area contributed by atoms with E-state index in [0.717, 1.165) is 9.87 Å². The van der Waals surface area contributed by atoms with Crippen molar-refractivity contribution < 1.29 is 22.7 Å². The maximum Gasteiger partial charge on any atom is 0.265 e. The molecule has 3 aromatic rings. The van der Waals surface area contributed by atoms with Crippen LogP contribution in [0.4, 0.5) is 11.4 Å². The van der Waals surface area contributed by atoms with E-state index in [-0.39, 0.29) is 11.3 Å². The molecule has 0 saturated carbocycles. The lowest BCUT2D eigenvalue weighted by molar-refractivity contribution is -0.125. The number of hydrogen-bond donors (Lipinski definition) is 2.